The largest absolute Gasteiger partial charge is 0.359 e. The van der Waals surface area contributed by atoms with Crippen LogP contribution in [0.15, 0.2) is 11.7 Å². The van der Waals surface area contributed by atoms with E-state index in [2.05, 4.69) is 15.6 Å². The molecule has 0 saturated heterocycles. The Morgan fingerprint density at radius 3 is 2.87 bits per heavy atom. The van der Waals surface area contributed by atoms with Crippen LogP contribution < -0.4 is 10.6 Å². The second-order valence-corrected chi connectivity index (χ2v) is 5.01. The highest BCUT2D eigenvalue weighted by atomic mass is 32.1. The first-order valence-corrected chi connectivity index (χ1v) is 5.74. The van der Waals surface area contributed by atoms with Crippen molar-refractivity contribution in [2.75, 3.05) is 13.6 Å². The summed E-state index contributed by atoms with van der Waals surface area (Å²) in [5.41, 5.74) is 1.43. The summed E-state index contributed by atoms with van der Waals surface area (Å²) < 4.78 is 0. The summed E-state index contributed by atoms with van der Waals surface area (Å²) in [7, 11) is 1.66. The fourth-order valence-electron chi connectivity index (χ4n) is 1.25. The second-order valence-electron chi connectivity index (χ2n) is 4.03. The molecule has 0 aliphatic carbocycles. The molecule has 0 atom stereocenters. The molecule has 2 N–H and O–H groups in total. The normalized spacial score (nSPS) is 11.4. The molecule has 0 aliphatic heterocycles. The standard InChI is InChI=1S/C10H17N3OS/c1-10(2,9(14)11-3)6-12-4-8-5-13-7-15-8/h5,7,12H,4,6H2,1-3H3,(H,11,14). The van der Waals surface area contributed by atoms with Crippen molar-refractivity contribution in [3.8, 4) is 0 Å². The summed E-state index contributed by atoms with van der Waals surface area (Å²) in [6, 6.07) is 0. The molecule has 0 spiro atoms. The Morgan fingerprint density at radius 1 is 1.60 bits per heavy atom. The van der Waals surface area contributed by atoms with Crippen LogP contribution in [0.3, 0.4) is 0 Å². The monoisotopic (exact) mass is 227 g/mol. The molecule has 0 saturated carbocycles. The molecule has 1 aromatic rings. The minimum absolute atomic E-state index is 0.0549. The lowest BCUT2D eigenvalue weighted by Crippen LogP contribution is -2.41. The summed E-state index contributed by atoms with van der Waals surface area (Å²) in [5, 5.41) is 5.91. The van der Waals surface area contributed by atoms with Crippen molar-refractivity contribution < 1.29 is 4.79 Å². The predicted molar refractivity (Wildman–Crippen MR) is 61.7 cm³/mol. The van der Waals surface area contributed by atoms with Crippen LogP contribution in [-0.4, -0.2) is 24.5 Å². The zero-order valence-corrected chi connectivity index (χ0v) is 10.1. The van der Waals surface area contributed by atoms with Gasteiger partial charge in [-0.15, -0.1) is 11.3 Å². The molecule has 1 aromatic heterocycles. The molecule has 1 amide bonds. The van der Waals surface area contributed by atoms with Crippen LogP contribution in [-0.2, 0) is 11.3 Å². The Morgan fingerprint density at radius 2 is 2.33 bits per heavy atom. The van der Waals surface area contributed by atoms with Gasteiger partial charge in [0.15, 0.2) is 0 Å². The lowest BCUT2D eigenvalue weighted by atomic mass is 9.92. The number of nitrogens with one attached hydrogen (secondary N) is 2. The third-order valence-electron chi connectivity index (χ3n) is 2.19. The quantitative estimate of drug-likeness (QED) is 0.789. The SMILES string of the molecule is CNC(=O)C(C)(C)CNCc1cncs1. The van der Waals surface area contributed by atoms with Gasteiger partial charge < -0.3 is 10.6 Å². The number of hydrogen-bond acceptors (Lipinski definition) is 4. The number of rotatable bonds is 5. The maximum absolute atomic E-state index is 11.5. The Bertz CT molecular complexity index is 308. The molecule has 4 nitrogen and oxygen atoms in total. The molecule has 0 aliphatic rings. The van der Waals surface area contributed by atoms with E-state index in [0.717, 1.165) is 6.54 Å². The number of carbonyl (C=O) groups excluding carboxylic acids is 1. The van der Waals surface area contributed by atoms with Gasteiger partial charge in [0.25, 0.3) is 0 Å². The predicted octanol–water partition coefficient (Wildman–Crippen LogP) is 1.00. The maximum Gasteiger partial charge on any atom is 0.226 e. The Balaban J connectivity index is 2.33. The number of hydrogen-bond donors (Lipinski definition) is 2. The van der Waals surface area contributed by atoms with Crippen LogP contribution in [0.5, 0.6) is 0 Å². The number of aromatic nitrogens is 1. The third kappa shape index (κ3) is 3.60. The van der Waals surface area contributed by atoms with Gasteiger partial charge in [0.1, 0.15) is 0 Å². The van der Waals surface area contributed by atoms with Crippen LogP contribution in [0, 0.1) is 5.41 Å². The van der Waals surface area contributed by atoms with E-state index in [1.807, 2.05) is 20.0 Å². The highest BCUT2D eigenvalue weighted by Crippen LogP contribution is 2.14. The van der Waals surface area contributed by atoms with Gasteiger partial charge in [0, 0.05) is 31.2 Å². The summed E-state index contributed by atoms with van der Waals surface area (Å²) in [4.78, 5) is 16.6. The first kappa shape index (κ1) is 12.1. The minimum Gasteiger partial charge on any atom is -0.359 e. The van der Waals surface area contributed by atoms with E-state index in [9.17, 15) is 4.79 Å². The van der Waals surface area contributed by atoms with Crippen LogP contribution in [0.1, 0.15) is 18.7 Å². The second kappa shape index (κ2) is 5.23. The minimum atomic E-state index is -0.376. The fourth-order valence-corrected chi connectivity index (χ4v) is 1.81. The van der Waals surface area contributed by atoms with E-state index in [0.29, 0.717) is 6.54 Å². The lowest BCUT2D eigenvalue weighted by Gasteiger charge is -2.22. The van der Waals surface area contributed by atoms with Crippen molar-refractivity contribution in [2.45, 2.75) is 20.4 Å². The van der Waals surface area contributed by atoms with Gasteiger partial charge in [-0.3, -0.25) is 9.78 Å². The molecule has 84 valence electrons. The van der Waals surface area contributed by atoms with Gasteiger partial charge in [0.2, 0.25) is 5.91 Å². The first-order chi connectivity index (χ1) is 7.06. The third-order valence-corrected chi connectivity index (χ3v) is 2.97. The van der Waals surface area contributed by atoms with Crippen molar-refractivity contribution in [1.29, 1.82) is 0 Å². The van der Waals surface area contributed by atoms with Crippen molar-refractivity contribution in [3.63, 3.8) is 0 Å². The smallest absolute Gasteiger partial charge is 0.226 e. The molecule has 1 heterocycles. The molecule has 0 radical (unpaired) electrons. The molecule has 5 heteroatoms. The van der Waals surface area contributed by atoms with Gasteiger partial charge in [-0.05, 0) is 13.8 Å². The summed E-state index contributed by atoms with van der Waals surface area (Å²) in [5.74, 6) is 0.0549. The number of nitrogens with zero attached hydrogens (tertiary/aromatic N) is 1. The average molecular weight is 227 g/mol. The van der Waals surface area contributed by atoms with E-state index in [4.69, 9.17) is 0 Å². The zero-order valence-electron chi connectivity index (χ0n) is 9.33. The molecular weight excluding hydrogens is 210 g/mol. The van der Waals surface area contributed by atoms with Crippen molar-refractivity contribution in [3.05, 3.63) is 16.6 Å². The van der Waals surface area contributed by atoms with E-state index in [-0.39, 0.29) is 11.3 Å². The number of amides is 1. The van der Waals surface area contributed by atoms with E-state index < -0.39 is 0 Å². The fraction of sp³-hybridized carbons (Fsp3) is 0.600. The van der Waals surface area contributed by atoms with Crippen LogP contribution in [0.2, 0.25) is 0 Å². The summed E-state index contributed by atoms with van der Waals surface area (Å²) >= 11 is 1.61. The van der Waals surface area contributed by atoms with E-state index in [1.54, 1.807) is 23.9 Å². The lowest BCUT2D eigenvalue weighted by molar-refractivity contribution is -0.128. The summed E-state index contributed by atoms with van der Waals surface area (Å²) in [6.45, 7) is 5.27. The molecule has 1 rings (SSSR count). The van der Waals surface area contributed by atoms with Gasteiger partial charge in [-0.1, -0.05) is 0 Å². The molecule has 0 aromatic carbocycles. The molecule has 15 heavy (non-hydrogen) atoms. The highest BCUT2D eigenvalue weighted by molar-refractivity contribution is 7.09. The highest BCUT2D eigenvalue weighted by Gasteiger charge is 2.25. The Labute approximate surface area is 94.1 Å². The maximum atomic E-state index is 11.5. The molecule has 0 bridgehead atoms. The van der Waals surface area contributed by atoms with Crippen LogP contribution in [0.4, 0.5) is 0 Å². The van der Waals surface area contributed by atoms with Gasteiger partial charge in [-0.2, -0.15) is 0 Å². The van der Waals surface area contributed by atoms with E-state index >= 15 is 0 Å². The molecule has 0 unspecified atom stereocenters. The van der Waals surface area contributed by atoms with Crippen molar-refractivity contribution in [2.24, 2.45) is 5.41 Å². The van der Waals surface area contributed by atoms with Gasteiger partial charge in [-0.25, -0.2) is 0 Å². The Kier molecular flexibility index (Phi) is 4.23. The number of carbonyl (C=O) groups is 1. The molecule has 0 fully saturated rings. The van der Waals surface area contributed by atoms with Crippen LogP contribution >= 0.6 is 11.3 Å². The van der Waals surface area contributed by atoms with Crippen LogP contribution in [0.25, 0.3) is 0 Å². The zero-order chi connectivity index (χ0) is 11.3. The van der Waals surface area contributed by atoms with Gasteiger partial charge in [0.05, 0.1) is 10.9 Å². The first-order valence-electron chi connectivity index (χ1n) is 4.86. The topological polar surface area (TPSA) is 54.0 Å². The Hall–Kier alpha value is -0.940. The van der Waals surface area contributed by atoms with Crippen molar-refractivity contribution >= 4 is 17.2 Å². The average Bonchev–Trinajstić information content (AvgIpc) is 2.69. The van der Waals surface area contributed by atoms with E-state index in [1.165, 1.54) is 4.88 Å². The van der Waals surface area contributed by atoms with Crippen molar-refractivity contribution in [1.82, 2.24) is 15.6 Å². The summed E-state index contributed by atoms with van der Waals surface area (Å²) in [6.07, 6.45) is 1.84. The number of thiazole rings is 1. The van der Waals surface area contributed by atoms with Gasteiger partial charge >= 0.3 is 0 Å². The molecular formula is C10H17N3OS.